The summed E-state index contributed by atoms with van der Waals surface area (Å²) >= 11 is 0. The zero-order chi connectivity index (χ0) is 22.7. The van der Waals surface area contributed by atoms with Gasteiger partial charge in [-0.05, 0) is 35.4 Å². The van der Waals surface area contributed by atoms with Crippen LogP contribution in [0.2, 0.25) is 0 Å². The van der Waals surface area contributed by atoms with Crippen molar-refractivity contribution in [1.29, 1.82) is 0 Å². The molecule has 0 bridgehead atoms. The molecule has 0 saturated heterocycles. The Morgan fingerprint density at radius 1 is 0.906 bits per heavy atom. The van der Waals surface area contributed by atoms with E-state index in [1.54, 1.807) is 41.3 Å². The maximum atomic E-state index is 13.6. The molecule has 166 valence electrons. The highest BCUT2D eigenvalue weighted by molar-refractivity contribution is 7.92. The molecule has 0 unspecified atom stereocenters. The molecule has 3 aromatic carbocycles. The highest BCUT2D eigenvalue weighted by Gasteiger charge is 2.32. The SMILES string of the molecule is COc1ccc(OC)c(N(CC(=O)N2Cc3ccccc3C2)S(=O)(=O)c2ccccc2)c1. The van der Waals surface area contributed by atoms with Crippen molar-refractivity contribution in [3.63, 3.8) is 0 Å². The first-order chi connectivity index (χ1) is 15.4. The Labute approximate surface area is 187 Å². The van der Waals surface area contributed by atoms with Crippen LogP contribution in [0.5, 0.6) is 11.5 Å². The second kappa shape index (κ2) is 8.92. The average Bonchev–Trinajstić information content (AvgIpc) is 3.27. The van der Waals surface area contributed by atoms with Gasteiger partial charge in [0.05, 0.1) is 24.8 Å². The lowest BCUT2D eigenvalue weighted by Crippen LogP contribution is -2.41. The average molecular weight is 453 g/mol. The third-order valence-corrected chi connectivity index (χ3v) is 7.23. The number of anilines is 1. The lowest BCUT2D eigenvalue weighted by molar-refractivity contribution is -0.130. The lowest BCUT2D eigenvalue weighted by atomic mass is 10.1. The quantitative estimate of drug-likeness (QED) is 0.549. The van der Waals surface area contributed by atoms with E-state index < -0.39 is 10.0 Å². The smallest absolute Gasteiger partial charge is 0.264 e. The number of carbonyl (C=O) groups excluding carboxylic acids is 1. The summed E-state index contributed by atoms with van der Waals surface area (Å²) in [7, 11) is -1.10. The first-order valence-electron chi connectivity index (χ1n) is 10.1. The van der Waals surface area contributed by atoms with Gasteiger partial charge in [-0.15, -0.1) is 0 Å². The highest BCUT2D eigenvalue weighted by atomic mass is 32.2. The van der Waals surface area contributed by atoms with E-state index in [2.05, 4.69) is 0 Å². The molecule has 4 rings (SSSR count). The molecule has 0 aliphatic carbocycles. The van der Waals surface area contributed by atoms with E-state index in [-0.39, 0.29) is 23.0 Å². The van der Waals surface area contributed by atoms with Crippen LogP contribution in [0.1, 0.15) is 11.1 Å². The number of nitrogens with zero attached hydrogens (tertiary/aromatic N) is 2. The van der Waals surface area contributed by atoms with Gasteiger partial charge in [-0.3, -0.25) is 9.10 Å². The largest absolute Gasteiger partial charge is 0.497 e. The third-order valence-electron chi connectivity index (χ3n) is 5.46. The molecule has 0 aromatic heterocycles. The first kappa shape index (κ1) is 21.7. The number of rotatable bonds is 7. The number of sulfonamides is 1. The summed E-state index contributed by atoms with van der Waals surface area (Å²) in [5.41, 5.74) is 2.37. The predicted octanol–water partition coefficient (Wildman–Crippen LogP) is 3.44. The fourth-order valence-electron chi connectivity index (χ4n) is 3.74. The topological polar surface area (TPSA) is 76.2 Å². The van der Waals surface area contributed by atoms with Crippen molar-refractivity contribution in [2.24, 2.45) is 0 Å². The van der Waals surface area contributed by atoms with Gasteiger partial charge in [0.1, 0.15) is 18.0 Å². The van der Waals surface area contributed by atoms with E-state index in [0.29, 0.717) is 24.6 Å². The van der Waals surface area contributed by atoms with Gasteiger partial charge in [0, 0.05) is 19.2 Å². The Hall–Kier alpha value is -3.52. The Morgan fingerprint density at radius 2 is 1.53 bits per heavy atom. The standard InChI is InChI=1S/C24H24N2O5S/c1-30-20-12-13-23(31-2)22(14-20)26(32(28,29)21-10-4-3-5-11-21)17-24(27)25-15-18-8-6-7-9-19(18)16-25/h3-14H,15-17H2,1-2H3. The molecule has 1 aliphatic heterocycles. The van der Waals surface area contributed by atoms with E-state index >= 15 is 0 Å². The van der Waals surface area contributed by atoms with E-state index in [1.165, 1.54) is 26.4 Å². The Morgan fingerprint density at radius 3 is 2.12 bits per heavy atom. The van der Waals surface area contributed by atoms with Gasteiger partial charge in [-0.2, -0.15) is 0 Å². The van der Waals surface area contributed by atoms with Gasteiger partial charge < -0.3 is 14.4 Å². The number of carbonyl (C=O) groups is 1. The van der Waals surface area contributed by atoms with Crippen molar-refractivity contribution >= 4 is 21.6 Å². The molecule has 0 fully saturated rings. The van der Waals surface area contributed by atoms with Crippen LogP contribution in [0.25, 0.3) is 0 Å². The number of hydrogen-bond donors (Lipinski definition) is 0. The van der Waals surface area contributed by atoms with Crippen LogP contribution in [-0.2, 0) is 27.9 Å². The minimum Gasteiger partial charge on any atom is -0.497 e. The van der Waals surface area contributed by atoms with E-state index in [9.17, 15) is 13.2 Å². The number of benzene rings is 3. The second-order valence-corrected chi connectivity index (χ2v) is 9.24. The minimum atomic E-state index is -4.05. The molecule has 3 aromatic rings. The summed E-state index contributed by atoms with van der Waals surface area (Å²) < 4.78 is 39.1. The van der Waals surface area contributed by atoms with Crippen LogP contribution in [0, 0.1) is 0 Å². The summed E-state index contributed by atoms with van der Waals surface area (Å²) in [4.78, 5) is 15.0. The maximum Gasteiger partial charge on any atom is 0.264 e. The summed E-state index contributed by atoms with van der Waals surface area (Å²) in [5, 5.41) is 0. The molecule has 0 N–H and O–H groups in total. The normalized spacial score (nSPS) is 12.9. The van der Waals surface area contributed by atoms with Gasteiger partial charge in [-0.1, -0.05) is 42.5 Å². The van der Waals surface area contributed by atoms with Gasteiger partial charge in [0.2, 0.25) is 5.91 Å². The Bertz CT molecular complexity index is 1200. The van der Waals surface area contributed by atoms with Gasteiger partial charge in [-0.25, -0.2) is 8.42 Å². The number of amides is 1. The monoisotopic (exact) mass is 452 g/mol. The number of ether oxygens (including phenoxy) is 2. The van der Waals surface area contributed by atoms with Crippen molar-refractivity contribution in [3.05, 3.63) is 83.9 Å². The van der Waals surface area contributed by atoms with Crippen LogP contribution in [0.15, 0.2) is 77.7 Å². The number of fused-ring (bicyclic) bond motifs is 1. The summed E-state index contributed by atoms with van der Waals surface area (Å²) in [6.07, 6.45) is 0. The molecule has 1 heterocycles. The molecule has 8 heteroatoms. The van der Waals surface area contributed by atoms with Crippen LogP contribution in [0.4, 0.5) is 5.69 Å². The molecule has 0 atom stereocenters. The van der Waals surface area contributed by atoms with Crippen molar-refractivity contribution in [1.82, 2.24) is 4.90 Å². The van der Waals surface area contributed by atoms with Gasteiger partial charge in [0.25, 0.3) is 10.0 Å². The molecule has 0 saturated carbocycles. The second-order valence-electron chi connectivity index (χ2n) is 7.38. The van der Waals surface area contributed by atoms with Crippen LogP contribution in [-0.4, -0.2) is 40.0 Å². The summed E-state index contributed by atoms with van der Waals surface area (Å²) in [5.74, 6) is 0.475. The van der Waals surface area contributed by atoms with Crippen molar-refractivity contribution in [3.8, 4) is 11.5 Å². The van der Waals surface area contributed by atoms with Crippen LogP contribution in [0.3, 0.4) is 0 Å². The maximum absolute atomic E-state index is 13.6. The lowest BCUT2D eigenvalue weighted by Gasteiger charge is -2.28. The number of hydrogen-bond acceptors (Lipinski definition) is 5. The number of methoxy groups -OCH3 is 2. The van der Waals surface area contributed by atoms with Crippen LogP contribution < -0.4 is 13.8 Å². The van der Waals surface area contributed by atoms with Gasteiger partial charge >= 0.3 is 0 Å². The van der Waals surface area contributed by atoms with Crippen molar-refractivity contribution in [2.45, 2.75) is 18.0 Å². The molecule has 0 radical (unpaired) electrons. The first-order valence-corrected chi connectivity index (χ1v) is 11.5. The molecular formula is C24H24N2O5S. The fourth-order valence-corrected chi connectivity index (χ4v) is 5.18. The zero-order valence-corrected chi connectivity index (χ0v) is 18.7. The van der Waals surface area contributed by atoms with Gasteiger partial charge in [0.15, 0.2) is 0 Å². The molecule has 32 heavy (non-hydrogen) atoms. The van der Waals surface area contributed by atoms with Crippen molar-refractivity contribution < 1.29 is 22.7 Å². The van der Waals surface area contributed by atoms with Crippen molar-refractivity contribution in [2.75, 3.05) is 25.1 Å². The Balaban J connectivity index is 1.73. The van der Waals surface area contributed by atoms with E-state index in [0.717, 1.165) is 15.4 Å². The molecule has 7 nitrogen and oxygen atoms in total. The van der Waals surface area contributed by atoms with Crippen LogP contribution >= 0.6 is 0 Å². The zero-order valence-electron chi connectivity index (χ0n) is 17.9. The molecule has 1 aliphatic rings. The summed E-state index contributed by atoms with van der Waals surface area (Å²) in [6, 6.07) is 20.7. The Kier molecular flexibility index (Phi) is 6.05. The van der Waals surface area contributed by atoms with E-state index in [4.69, 9.17) is 9.47 Å². The highest BCUT2D eigenvalue weighted by Crippen LogP contribution is 2.36. The van der Waals surface area contributed by atoms with E-state index in [1.807, 2.05) is 24.3 Å². The molecular weight excluding hydrogens is 428 g/mol. The molecule has 0 spiro atoms. The molecule has 1 amide bonds. The predicted molar refractivity (Wildman–Crippen MR) is 121 cm³/mol. The fraction of sp³-hybridized carbons (Fsp3) is 0.208. The third kappa shape index (κ3) is 4.13. The summed E-state index contributed by atoms with van der Waals surface area (Å²) in [6.45, 7) is 0.529. The minimum absolute atomic E-state index is 0.0855.